The van der Waals surface area contributed by atoms with Gasteiger partial charge in [-0.05, 0) is 11.6 Å². The van der Waals surface area contributed by atoms with Crippen molar-refractivity contribution in [2.75, 3.05) is 0 Å². The van der Waals surface area contributed by atoms with Crippen molar-refractivity contribution < 1.29 is 15.0 Å². The van der Waals surface area contributed by atoms with E-state index in [1.165, 1.54) is 6.07 Å². The van der Waals surface area contributed by atoms with Gasteiger partial charge in [0.05, 0.1) is 0 Å². The third kappa shape index (κ3) is 1.63. The van der Waals surface area contributed by atoms with Gasteiger partial charge >= 0.3 is 0 Å². The summed E-state index contributed by atoms with van der Waals surface area (Å²) in [6.07, 6.45) is 0.721. The first-order valence-corrected chi connectivity index (χ1v) is 4.79. The maximum Gasteiger partial charge on any atom is 0.165 e. The molecule has 3 heteroatoms. The Hall–Kier alpha value is -2.29. The van der Waals surface area contributed by atoms with Gasteiger partial charge in [-0.1, -0.05) is 36.4 Å². The molecule has 0 amide bonds. The van der Waals surface area contributed by atoms with Crippen molar-refractivity contribution in [3.8, 4) is 22.6 Å². The van der Waals surface area contributed by atoms with E-state index in [1.807, 2.05) is 0 Å². The fourth-order valence-corrected chi connectivity index (χ4v) is 1.59. The summed E-state index contributed by atoms with van der Waals surface area (Å²) >= 11 is 0. The number of aldehydes is 1. The number of hydrogen-bond acceptors (Lipinski definition) is 3. The molecule has 80 valence electrons. The van der Waals surface area contributed by atoms with Crippen LogP contribution >= 0.6 is 0 Å². The molecule has 2 aromatic carbocycles. The predicted molar refractivity (Wildman–Crippen MR) is 60.6 cm³/mol. The van der Waals surface area contributed by atoms with E-state index in [1.54, 1.807) is 36.4 Å². The molecule has 0 aliphatic carbocycles. The first kappa shape index (κ1) is 10.2. The van der Waals surface area contributed by atoms with Gasteiger partial charge in [-0.25, -0.2) is 0 Å². The Morgan fingerprint density at radius 1 is 0.875 bits per heavy atom. The lowest BCUT2D eigenvalue weighted by atomic mass is 9.99. The van der Waals surface area contributed by atoms with E-state index in [0.717, 1.165) is 6.29 Å². The Bertz CT molecular complexity index is 532. The Morgan fingerprint density at radius 2 is 1.56 bits per heavy atom. The summed E-state index contributed by atoms with van der Waals surface area (Å²) in [6.45, 7) is 0. The van der Waals surface area contributed by atoms with Gasteiger partial charge in [0.15, 0.2) is 17.8 Å². The number of carbonyl (C=O) groups excluding carboxylic acids is 1. The van der Waals surface area contributed by atoms with E-state index in [4.69, 9.17) is 0 Å². The molecule has 2 aromatic rings. The zero-order valence-electron chi connectivity index (χ0n) is 8.42. The molecular formula is C13H10O3. The van der Waals surface area contributed by atoms with Crippen molar-refractivity contribution in [2.24, 2.45) is 0 Å². The lowest BCUT2D eigenvalue weighted by Crippen LogP contribution is -1.87. The normalized spacial score (nSPS) is 10.0. The maximum absolute atomic E-state index is 10.9. The van der Waals surface area contributed by atoms with E-state index in [9.17, 15) is 15.0 Å². The van der Waals surface area contributed by atoms with Crippen LogP contribution < -0.4 is 0 Å². The topological polar surface area (TPSA) is 57.5 Å². The van der Waals surface area contributed by atoms with Crippen molar-refractivity contribution in [3.05, 3.63) is 48.0 Å². The number of aromatic hydroxyl groups is 2. The third-order valence-electron chi connectivity index (χ3n) is 2.39. The van der Waals surface area contributed by atoms with Crippen molar-refractivity contribution in [2.45, 2.75) is 0 Å². The molecule has 0 saturated heterocycles. The summed E-state index contributed by atoms with van der Waals surface area (Å²) in [5, 5.41) is 19.1. The van der Waals surface area contributed by atoms with Crippen LogP contribution in [0.15, 0.2) is 42.5 Å². The largest absolute Gasteiger partial charge is 0.504 e. The molecule has 0 fully saturated rings. The molecule has 0 heterocycles. The number of rotatable bonds is 2. The van der Waals surface area contributed by atoms with Crippen LogP contribution in [0.1, 0.15) is 10.4 Å². The SMILES string of the molecule is O=Cc1ccccc1-c1cccc(O)c1O. The highest BCUT2D eigenvalue weighted by Gasteiger charge is 2.10. The van der Waals surface area contributed by atoms with Crippen LogP contribution in [-0.4, -0.2) is 16.5 Å². The van der Waals surface area contributed by atoms with E-state index in [2.05, 4.69) is 0 Å². The van der Waals surface area contributed by atoms with Gasteiger partial charge < -0.3 is 10.2 Å². The molecule has 2 rings (SSSR count). The van der Waals surface area contributed by atoms with Crippen molar-refractivity contribution in [1.29, 1.82) is 0 Å². The quantitative estimate of drug-likeness (QED) is 0.596. The lowest BCUT2D eigenvalue weighted by molar-refractivity contribution is 0.112. The molecule has 0 saturated carbocycles. The van der Waals surface area contributed by atoms with E-state index >= 15 is 0 Å². The Morgan fingerprint density at radius 3 is 2.31 bits per heavy atom. The first-order chi connectivity index (χ1) is 7.74. The average Bonchev–Trinajstić information content (AvgIpc) is 2.33. The van der Waals surface area contributed by atoms with Gasteiger partial charge in [-0.15, -0.1) is 0 Å². The second-order valence-corrected chi connectivity index (χ2v) is 3.38. The van der Waals surface area contributed by atoms with Crippen LogP contribution in [0.25, 0.3) is 11.1 Å². The average molecular weight is 214 g/mol. The highest BCUT2D eigenvalue weighted by atomic mass is 16.3. The molecule has 0 aliphatic heterocycles. The number of para-hydroxylation sites is 1. The molecular weight excluding hydrogens is 204 g/mol. The Labute approximate surface area is 92.6 Å². The van der Waals surface area contributed by atoms with Gasteiger partial charge in [0.2, 0.25) is 0 Å². The van der Waals surface area contributed by atoms with Crippen LogP contribution in [0.3, 0.4) is 0 Å². The summed E-state index contributed by atoms with van der Waals surface area (Å²) in [7, 11) is 0. The van der Waals surface area contributed by atoms with E-state index < -0.39 is 0 Å². The van der Waals surface area contributed by atoms with Gasteiger partial charge in [0.25, 0.3) is 0 Å². The summed E-state index contributed by atoms with van der Waals surface area (Å²) in [5.74, 6) is -0.407. The minimum atomic E-state index is -0.211. The minimum Gasteiger partial charge on any atom is -0.504 e. The van der Waals surface area contributed by atoms with Crippen LogP contribution in [0.5, 0.6) is 11.5 Å². The van der Waals surface area contributed by atoms with E-state index in [-0.39, 0.29) is 11.5 Å². The molecule has 16 heavy (non-hydrogen) atoms. The monoisotopic (exact) mass is 214 g/mol. The molecule has 0 aliphatic rings. The highest BCUT2D eigenvalue weighted by Crippen LogP contribution is 2.36. The molecule has 0 spiro atoms. The van der Waals surface area contributed by atoms with Crippen molar-refractivity contribution >= 4 is 6.29 Å². The Balaban J connectivity index is 2.67. The summed E-state index contributed by atoms with van der Waals surface area (Å²) in [5.41, 5.74) is 1.53. The molecule has 0 radical (unpaired) electrons. The molecule has 2 N–H and O–H groups in total. The third-order valence-corrected chi connectivity index (χ3v) is 2.39. The van der Waals surface area contributed by atoms with Crippen LogP contribution in [0.2, 0.25) is 0 Å². The van der Waals surface area contributed by atoms with Gasteiger partial charge in [-0.2, -0.15) is 0 Å². The van der Waals surface area contributed by atoms with Gasteiger partial charge in [0.1, 0.15) is 0 Å². The standard InChI is InChI=1S/C13H10O3/c14-8-9-4-1-2-5-10(9)11-6-3-7-12(15)13(11)16/h1-8,15-16H. The van der Waals surface area contributed by atoms with Crippen LogP contribution in [0, 0.1) is 0 Å². The smallest absolute Gasteiger partial charge is 0.165 e. The maximum atomic E-state index is 10.9. The predicted octanol–water partition coefficient (Wildman–Crippen LogP) is 2.58. The molecule has 0 unspecified atom stereocenters. The molecule has 3 nitrogen and oxygen atoms in total. The van der Waals surface area contributed by atoms with Crippen molar-refractivity contribution in [1.82, 2.24) is 0 Å². The van der Waals surface area contributed by atoms with Crippen molar-refractivity contribution in [3.63, 3.8) is 0 Å². The Kier molecular flexibility index (Phi) is 2.60. The number of hydrogen-bond donors (Lipinski definition) is 2. The first-order valence-electron chi connectivity index (χ1n) is 4.79. The number of phenols is 2. The van der Waals surface area contributed by atoms with Crippen LogP contribution in [0.4, 0.5) is 0 Å². The number of carbonyl (C=O) groups is 1. The van der Waals surface area contributed by atoms with E-state index in [0.29, 0.717) is 16.7 Å². The molecule has 0 aromatic heterocycles. The molecule has 0 bridgehead atoms. The van der Waals surface area contributed by atoms with Gasteiger partial charge in [-0.3, -0.25) is 4.79 Å². The van der Waals surface area contributed by atoms with Crippen LogP contribution in [-0.2, 0) is 0 Å². The second-order valence-electron chi connectivity index (χ2n) is 3.38. The lowest BCUT2D eigenvalue weighted by Gasteiger charge is -2.07. The summed E-state index contributed by atoms with van der Waals surface area (Å²) < 4.78 is 0. The molecule has 0 atom stereocenters. The summed E-state index contributed by atoms with van der Waals surface area (Å²) in [6, 6.07) is 11.6. The van der Waals surface area contributed by atoms with Gasteiger partial charge in [0, 0.05) is 11.1 Å². The zero-order valence-corrected chi connectivity index (χ0v) is 8.42. The summed E-state index contributed by atoms with van der Waals surface area (Å²) in [4.78, 5) is 10.9. The zero-order chi connectivity index (χ0) is 11.5. The number of phenolic OH excluding ortho intramolecular Hbond substituents is 2. The minimum absolute atomic E-state index is 0.196. The fourth-order valence-electron chi connectivity index (χ4n) is 1.59. The second kappa shape index (κ2) is 4.06. The fraction of sp³-hybridized carbons (Fsp3) is 0. The highest BCUT2D eigenvalue weighted by molar-refractivity contribution is 5.89. The number of benzene rings is 2.